The summed E-state index contributed by atoms with van der Waals surface area (Å²) in [4.78, 5) is 13.7. The molecule has 4 aromatic rings. The topological polar surface area (TPSA) is 80.3 Å². The molecule has 7 nitrogen and oxygen atoms in total. The van der Waals surface area contributed by atoms with Crippen molar-refractivity contribution in [2.24, 2.45) is 4.99 Å². The molecule has 0 aliphatic carbocycles. The first-order valence-corrected chi connectivity index (χ1v) is 10.9. The van der Waals surface area contributed by atoms with Gasteiger partial charge in [0.25, 0.3) is 0 Å². The van der Waals surface area contributed by atoms with Gasteiger partial charge in [-0.25, -0.2) is 15.0 Å². The molecule has 172 valence electrons. The van der Waals surface area contributed by atoms with Gasteiger partial charge in [-0.15, -0.1) is 24.0 Å². The van der Waals surface area contributed by atoms with Crippen LogP contribution in [0.15, 0.2) is 88.7 Å². The van der Waals surface area contributed by atoms with E-state index < -0.39 is 0 Å². The molecule has 0 aliphatic heterocycles. The molecule has 2 heterocycles. The lowest BCUT2D eigenvalue weighted by atomic mass is 10.2. The summed E-state index contributed by atoms with van der Waals surface area (Å²) in [6, 6.07) is 20.3. The minimum Gasteiger partial charge on any atom is -0.444 e. The van der Waals surface area contributed by atoms with E-state index in [1.165, 1.54) is 5.56 Å². The average molecular weight is 556 g/mol. The van der Waals surface area contributed by atoms with Crippen LogP contribution >= 0.6 is 24.0 Å². The van der Waals surface area contributed by atoms with Crippen LogP contribution in [-0.2, 0) is 19.5 Å². The van der Waals surface area contributed by atoms with Gasteiger partial charge in [-0.1, -0.05) is 48.5 Å². The van der Waals surface area contributed by atoms with Gasteiger partial charge >= 0.3 is 0 Å². The molecule has 0 saturated carbocycles. The fourth-order valence-corrected chi connectivity index (χ4v) is 3.38. The lowest BCUT2D eigenvalue weighted by molar-refractivity contribution is 0.572. The Hall–Kier alpha value is -3.14. The van der Waals surface area contributed by atoms with Crippen molar-refractivity contribution in [3.8, 4) is 11.5 Å². The minimum absolute atomic E-state index is 0. The zero-order valence-electron chi connectivity index (χ0n) is 18.6. The van der Waals surface area contributed by atoms with Crippen molar-refractivity contribution in [3.63, 3.8) is 0 Å². The first-order valence-electron chi connectivity index (χ1n) is 10.9. The zero-order valence-corrected chi connectivity index (χ0v) is 21.0. The van der Waals surface area contributed by atoms with Gasteiger partial charge in [0, 0.05) is 44.0 Å². The number of nitrogens with one attached hydrogen (secondary N) is 2. The van der Waals surface area contributed by atoms with Gasteiger partial charge in [-0.05, 0) is 24.6 Å². The van der Waals surface area contributed by atoms with E-state index in [-0.39, 0.29) is 24.0 Å². The number of rotatable bonds is 9. The van der Waals surface area contributed by atoms with Crippen LogP contribution < -0.4 is 10.6 Å². The van der Waals surface area contributed by atoms with Crippen LogP contribution in [0.25, 0.3) is 11.5 Å². The SMILES string of the molecule is CCNC(=NCc1coc(-c2ccccc2)n1)NCCc1nccn1Cc1ccccc1.I. The highest BCUT2D eigenvalue weighted by Gasteiger charge is 2.07. The van der Waals surface area contributed by atoms with E-state index in [0.29, 0.717) is 12.4 Å². The summed E-state index contributed by atoms with van der Waals surface area (Å²) in [5.41, 5.74) is 3.01. The van der Waals surface area contributed by atoms with Crippen molar-refractivity contribution in [2.45, 2.75) is 26.4 Å². The first kappa shape index (κ1) is 24.5. The molecule has 0 spiro atoms. The summed E-state index contributed by atoms with van der Waals surface area (Å²) < 4.78 is 7.78. The summed E-state index contributed by atoms with van der Waals surface area (Å²) >= 11 is 0. The second kappa shape index (κ2) is 12.8. The molecule has 0 amide bonds. The van der Waals surface area contributed by atoms with Crippen molar-refractivity contribution < 1.29 is 4.42 Å². The van der Waals surface area contributed by atoms with Gasteiger partial charge in [0.05, 0.1) is 6.54 Å². The van der Waals surface area contributed by atoms with Gasteiger partial charge in [-0.2, -0.15) is 0 Å². The third kappa shape index (κ3) is 7.18. The number of guanidine groups is 1. The molecule has 0 aliphatic rings. The number of oxazole rings is 1. The Morgan fingerprint density at radius 2 is 1.79 bits per heavy atom. The Labute approximate surface area is 211 Å². The highest BCUT2D eigenvalue weighted by molar-refractivity contribution is 14.0. The maximum absolute atomic E-state index is 5.60. The summed E-state index contributed by atoms with van der Waals surface area (Å²) in [5.74, 6) is 2.40. The lowest BCUT2D eigenvalue weighted by Gasteiger charge is -2.12. The fraction of sp³-hybridized carbons (Fsp3) is 0.240. The van der Waals surface area contributed by atoms with Crippen molar-refractivity contribution in [1.82, 2.24) is 25.2 Å². The van der Waals surface area contributed by atoms with E-state index in [9.17, 15) is 0 Å². The fourth-order valence-electron chi connectivity index (χ4n) is 3.38. The molecule has 8 heteroatoms. The number of imidazole rings is 1. The second-order valence-corrected chi connectivity index (χ2v) is 7.34. The quantitative estimate of drug-likeness (QED) is 0.180. The second-order valence-electron chi connectivity index (χ2n) is 7.34. The predicted molar refractivity (Wildman–Crippen MR) is 142 cm³/mol. The number of hydrogen-bond acceptors (Lipinski definition) is 4. The lowest BCUT2D eigenvalue weighted by Crippen LogP contribution is -2.38. The van der Waals surface area contributed by atoms with Crippen LogP contribution in [-0.4, -0.2) is 33.6 Å². The molecule has 0 bridgehead atoms. The smallest absolute Gasteiger partial charge is 0.226 e. The molecule has 2 N–H and O–H groups in total. The van der Waals surface area contributed by atoms with Gasteiger partial charge in [0.15, 0.2) is 5.96 Å². The molecule has 2 aromatic heterocycles. The summed E-state index contributed by atoms with van der Waals surface area (Å²) in [6.07, 6.45) is 6.34. The molecule has 0 atom stereocenters. The van der Waals surface area contributed by atoms with Crippen LogP contribution in [0.1, 0.15) is 24.0 Å². The number of aromatic nitrogens is 3. The third-order valence-corrected chi connectivity index (χ3v) is 4.95. The van der Waals surface area contributed by atoms with E-state index in [2.05, 4.69) is 54.4 Å². The molecular formula is C25H29IN6O. The highest BCUT2D eigenvalue weighted by atomic mass is 127. The molecule has 0 saturated heterocycles. The normalized spacial score (nSPS) is 11.1. The molecule has 0 unspecified atom stereocenters. The maximum atomic E-state index is 5.60. The summed E-state index contributed by atoms with van der Waals surface area (Å²) in [6.45, 7) is 4.82. The Morgan fingerprint density at radius 3 is 2.55 bits per heavy atom. The van der Waals surface area contributed by atoms with E-state index in [4.69, 9.17) is 4.42 Å². The predicted octanol–water partition coefficient (Wildman–Crippen LogP) is 4.50. The van der Waals surface area contributed by atoms with Crippen molar-refractivity contribution in [3.05, 3.63) is 96.4 Å². The number of hydrogen-bond donors (Lipinski definition) is 2. The Bertz CT molecular complexity index is 1120. The molecule has 4 rings (SSSR count). The van der Waals surface area contributed by atoms with Gasteiger partial charge < -0.3 is 19.6 Å². The third-order valence-electron chi connectivity index (χ3n) is 4.95. The van der Waals surface area contributed by atoms with Crippen molar-refractivity contribution >= 4 is 29.9 Å². The maximum Gasteiger partial charge on any atom is 0.226 e. The summed E-state index contributed by atoms with van der Waals surface area (Å²) in [5, 5.41) is 6.67. The van der Waals surface area contributed by atoms with E-state index >= 15 is 0 Å². The van der Waals surface area contributed by atoms with Gasteiger partial charge in [-0.3, -0.25) is 0 Å². The number of nitrogens with zero attached hydrogens (tertiary/aromatic N) is 4. The minimum atomic E-state index is 0. The van der Waals surface area contributed by atoms with E-state index in [1.807, 2.05) is 55.7 Å². The van der Waals surface area contributed by atoms with Crippen LogP contribution in [0.5, 0.6) is 0 Å². The van der Waals surface area contributed by atoms with Crippen molar-refractivity contribution in [2.75, 3.05) is 13.1 Å². The zero-order chi connectivity index (χ0) is 22.0. The number of halogens is 1. The summed E-state index contributed by atoms with van der Waals surface area (Å²) in [7, 11) is 0. The highest BCUT2D eigenvalue weighted by Crippen LogP contribution is 2.18. The van der Waals surface area contributed by atoms with Gasteiger partial charge in [0.1, 0.15) is 17.8 Å². The van der Waals surface area contributed by atoms with Crippen molar-refractivity contribution in [1.29, 1.82) is 0 Å². The number of benzene rings is 2. The van der Waals surface area contributed by atoms with Crippen LogP contribution in [0.3, 0.4) is 0 Å². The Kier molecular flexibility index (Phi) is 9.49. The van der Waals surface area contributed by atoms with Crippen LogP contribution in [0, 0.1) is 0 Å². The van der Waals surface area contributed by atoms with E-state index in [1.54, 1.807) is 6.26 Å². The molecular weight excluding hydrogens is 527 g/mol. The van der Waals surface area contributed by atoms with Gasteiger partial charge in [0.2, 0.25) is 5.89 Å². The Morgan fingerprint density at radius 1 is 1.03 bits per heavy atom. The van der Waals surface area contributed by atoms with Crippen LogP contribution in [0.2, 0.25) is 0 Å². The van der Waals surface area contributed by atoms with Crippen LogP contribution in [0.4, 0.5) is 0 Å². The molecule has 0 radical (unpaired) electrons. The van der Waals surface area contributed by atoms with E-state index in [0.717, 1.165) is 49.1 Å². The standard InChI is InChI=1S/C25H28N6O.HI/c1-2-26-25(29-17-22-19-32-24(30-22)21-11-7-4-8-12-21)28-14-13-23-27-15-16-31(23)18-20-9-5-3-6-10-20;/h3-12,15-16,19H,2,13-14,17-18H2,1H3,(H2,26,28,29);1H. The average Bonchev–Trinajstić information content (AvgIpc) is 3.48. The molecule has 33 heavy (non-hydrogen) atoms. The molecule has 0 fully saturated rings. The monoisotopic (exact) mass is 556 g/mol. The number of aliphatic imine (C=N–C) groups is 1. The first-order chi connectivity index (χ1) is 15.8. The molecule has 2 aromatic carbocycles. The Balaban J connectivity index is 0.00000306. The largest absolute Gasteiger partial charge is 0.444 e.